The number of ketones is 1. The maximum absolute atomic E-state index is 13.8. The molecule has 36 heavy (non-hydrogen) atoms. The molecule has 0 aliphatic carbocycles. The van der Waals surface area contributed by atoms with Gasteiger partial charge in [-0.1, -0.05) is 18.2 Å². The normalized spacial score (nSPS) is 10.8. The monoisotopic (exact) mass is 502 g/mol. The lowest BCUT2D eigenvalue weighted by Gasteiger charge is -2.15. The Kier molecular flexibility index (Phi) is 7.17. The molecule has 7 nitrogen and oxygen atoms in total. The van der Waals surface area contributed by atoms with E-state index in [0.29, 0.717) is 38.2 Å². The van der Waals surface area contributed by atoms with Gasteiger partial charge in [-0.25, -0.2) is 9.78 Å². The summed E-state index contributed by atoms with van der Waals surface area (Å²) < 4.78 is 10.5. The first-order chi connectivity index (χ1) is 17.3. The topological polar surface area (TPSA) is 94.6 Å². The van der Waals surface area contributed by atoms with Crippen molar-refractivity contribution in [2.45, 2.75) is 27.7 Å². The molecule has 4 rings (SSSR count). The van der Waals surface area contributed by atoms with Crippen molar-refractivity contribution in [2.75, 3.05) is 19.0 Å². The summed E-state index contributed by atoms with van der Waals surface area (Å²) in [6.07, 6.45) is 0. The van der Waals surface area contributed by atoms with Crippen LogP contribution >= 0.6 is 11.3 Å². The number of nitrogens with zero attached hydrogens (tertiary/aromatic N) is 1. The van der Waals surface area contributed by atoms with Crippen LogP contribution in [0.2, 0.25) is 0 Å². The Bertz CT molecular complexity index is 1490. The zero-order valence-corrected chi connectivity index (χ0v) is 21.5. The number of nitrogens with one attached hydrogen (secondary N) is 1. The van der Waals surface area contributed by atoms with Gasteiger partial charge in [0.05, 0.1) is 40.9 Å². The summed E-state index contributed by atoms with van der Waals surface area (Å²) in [7, 11) is 1.60. The number of esters is 1. The Morgan fingerprint density at radius 2 is 1.67 bits per heavy atom. The van der Waals surface area contributed by atoms with Gasteiger partial charge in [-0.15, -0.1) is 11.3 Å². The van der Waals surface area contributed by atoms with Crippen molar-refractivity contribution < 1.29 is 23.9 Å². The smallest absolute Gasteiger partial charge is 0.341 e. The Hall–Kier alpha value is -4.04. The van der Waals surface area contributed by atoms with Crippen LogP contribution in [-0.2, 0) is 4.74 Å². The van der Waals surface area contributed by atoms with Crippen LogP contribution in [0.4, 0.5) is 5.00 Å². The number of hydrogen-bond donors (Lipinski definition) is 1. The van der Waals surface area contributed by atoms with Crippen molar-refractivity contribution in [3.05, 3.63) is 75.7 Å². The van der Waals surface area contributed by atoms with Crippen LogP contribution in [0.1, 0.15) is 55.4 Å². The molecule has 184 valence electrons. The van der Waals surface area contributed by atoms with E-state index in [-0.39, 0.29) is 23.0 Å². The predicted octanol–water partition coefficient (Wildman–Crippen LogP) is 6.22. The Morgan fingerprint density at radius 1 is 0.972 bits per heavy atom. The number of carbonyl (C=O) groups excluding carboxylic acids is 3. The molecule has 2 heterocycles. The largest absolute Gasteiger partial charge is 0.497 e. The highest BCUT2D eigenvalue weighted by atomic mass is 32.1. The molecule has 1 amide bonds. The van der Waals surface area contributed by atoms with Crippen molar-refractivity contribution in [1.82, 2.24) is 4.98 Å². The van der Waals surface area contributed by atoms with Crippen molar-refractivity contribution in [2.24, 2.45) is 0 Å². The second-order valence-corrected chi connectivity index (χ2v) is 9.22. The van der Waals surface area contributed by atoms with Gasteiger partial charge in [-0.05, 0) is 69.2 Å². The average Bonchev–Trinajstić information content (AvgIpc) is 3.19. The maximum atomic E-state index is 13.8. The number of amides is 1. The van der Waals surface area contributed by atoms with Gasteiger partial charge in [-0.2, -0.15) is 0 Å². The summed E-state index contributed by atoms with van der Waals surface area (Å²) in [5.41, 5.74) is 4.00. The molecule has 8 heteroatoms. The summed E-state index contributed by atoms with van der Waals surface area (Å²) >= 11 is 1.08. The number of aromatic nitrogens is 1. The number of rotatable bonds is 7. The third-order valence-electron chi connectivity index (χ3n) is 5.90. The lowest BCUT2D eigenvalue weighted by molar-refractivity contribution is 0.0527. The van der Waals surface area contributed by atoms with Crippen LogP contribution < -0.4 is 10.1 Å². The van der Waals surface area contributed by atoms with Crippen LogP contribution in [0.25, 0.3) is 22.2 Å². The minimum absolute atomic E-state index is 0.177. The third kappa shape index (κ3) is 4.59. The van der Waals surface area contributed by atoms with E-state index in [2.05, 4.69) is 5.32 Å². The number of pyridine rings is 1. The molecule has 0 radical (unpaired) electrons. The molecule has 0 aliphatic heterocycles. The first kappa shape index (κ1) is 25.1. The van der Waals surface area contributed by atoms with E-state index in [0.717, 1.165) is 22.6 Å². The summed E-state index contributed by atoms with van der Waals surface area (Å²) in [6, 6.07) is 14.9. The standard InChI is InChI=1S/C28H26N2O5S/c1-6-35-28(33)23-16(3)25(17(4)31)36-27(23)30-26(32)22-15(2)24(18-11-13-19(34-5)14-12-18)29-21-10-8-7-9-20(21)22/h7-14H,6H2,1-5H3,(H,30,32). The molecule has 0 spiro atoms. The van der Waals surface area contributed by atoms with E-state index in [1.807, 2.05) is 55.5 Å². The fourth-order valence-electron chi connectivity index (χ4n) is 4.18. The van der Waals surface area contributed by atoms with Gasteiger partial charge in [0.15, 0.2) is 5.78 Å². The lowest BCUT2D eigenvalue weighted by Crippen LogP contribution is -2.17. The van der Waals surface area contributed by atoms with E-state index in [4.69, 9.17) is 14.5 Å². The van der Waals surface area contributed by atoms with E-state index >= 15 is 0 Å². The van der Waals surface area contributed by atoms with E-state index in [1.54, 1.807) is 21.0 Å². The molecule has 0 aliphatic rings. The molecule has 1 N–H and O–H groups in total. The molecule has 4 aromatic rings. The number of Topliss-reactive ketones (excluding diaryl/α,β-unsaturated/α-hetero) is 1. The zero-order valence-electron chi connectivity index (χ0n) is 20.7. The number of methoxy groups -OCH3 is 1. The third-order valence-corrected chi connectivity index (χ3v) is 7.21. The summed E-state index contributed by atoms with van der Waals surface area (Å²) in [5.74, 6) is -0.445. The predicted molar refractivity (Wildman–Crippen MR) is 141 cm³/mol. The first-order valence-electron chi connectivity index (χ1n) is 11.4. The highest BCUT2D eigenvalue weighted by Crippen LogP contribution is 2.36. The summed E-state index contributed by atoms with van der Waals surface area (Å²) in [4.78, 5) is 43.9. The van der Waals surface area contributed by atoms with E-state index in [9.17, 15) is 14.4 Å². The molecular formula is C28H26N2O5S. The molecule has 2 aromatic heterocycles. The molecule has 0 bridgehead atoms. The number of benzene rings is 2. The van der Waals surface area contributed by atoms with Gasteiger partial charge in [0, 0.05) is 10.9 Å². The molecule has 0 unspecified atom stereocenters. The Balaban J connectivity index is 1.85. The highest BCUT2D eigenvalue weighted by molar-refractivity contribution is 7.18. The number of hydrogen-bond acceptors (Lipinski definition) is 7. The summed E-state index contributed by atoms with van der Waals surface area (Å²) in [5, 5.41) is 3.86. The Labute approximate surface area is 213 Å². The fourth-order valence-corrected chi connectivity index (χ4v) is 5.27. The maximum Gasteiger partial charge on any atom is 0.341 e. The van der Waals surface area contributed by atoms with Gasteiger partial charge >= 0.3 is 5.97 Å². The van der Waals surface area contributed by atoms with Crippen LogP contribution in [0.15, 0.2) is 48.5 Å². The molecule has 0 fully saturated rings. The molecule has 0 saturated carbocycles. The number of carbonyl (C=O) groups is 3. The first-order valence-corrected chi connectivity index (χ1v) is 12.2. The second-order valence-electron chi connectivity index (χ2n) is 8.20. The summed E-state index contributed by atoms with van der Waals surface area (Å²) in [6.45, 7) is 6.85. The number of thiophene rings is 1. The zero-order chi connectivity index (χ0) is 26.0. The second kappa shape index (κ2) is 10.3. The SMILES string of the molecule is CCOC(=O)c1c(NC(=O)c2c(C)c(-c3ccc(OC)cc3)nc3ccccc23)sc(C(C)=O)c1C. The van der Waals surface area contributed by atoms with Gasteiger partial charge in [-0.3, -0.25) is 9.59 Å². The minimum atomic E-state index is -0.579. The number of ether oxygens (including phenoxy) is 2. The van der Waals surface area contributed by atoms with Crippen molar-refractivity contribution in [3.63, 3.8) is 0 Å². The molecule has 0 atom stereocenters. The molecule has 2 aromatic carbocycles. The van der Waals surface area contributed by atoms with Gasteiger partial charge in [0.2, 0.25) is 0 Å². The Morgan fingerprint density at radius 3 is 2.31 bits per heavy atom. The van der Waals surface area contributed by atoms with Crippen molar-refractivity contribution in [1.29, 1.82) is 0 Å². The quantitative estimate of drug-likeness (QED) is 0.238. The molecular weight excluding hydrogens is 476 g/mol. The number of anilines is 1. The van der Waals surface area contributed by atoms with Crippen LogP contribution in [-0.4, -0.2) is 36.4 Å². The van der Waals surface area contributed by atoms with Crippen LogP contribution in [0.5, 0.6) is 5.75 Å². The average molecular weight is 503 g/mol. The van der Waals surface area contributed by atoms with E-state index in [1.165, 1.54) is 6.92 Å². The van der Waals surface area contributed by atoms with Crippen molar-refractivity contribution >= 4 is 44.9 Å². The molecule has 0 saturated heterocycles. The van der Waals surface area contributed by atoms with Gasteiger partial charge in [0.25, 0.3) is 5.91 Å². The number of fused-ring (bicyclic) bond motifs is 1. The van der Waals surface area contributed by atoms with E-state index < -0.39 is 11.9 Å². The lowest BCUT2D eigenvalue weighted by atomic mass is 9.97. The van der Waals surface area contributed by atoms with Gasteiger partial charge < -0.3 is 14.8 Å². The fraction of sp³-hybridized carbons (Fsp3) is 0.214. The number of para-hydroxylation sites is 1. The van der Waals surface area contributed by atoms with Crippen LogP contribution in [0.3, 0.4) is 0 Å². The van der Waals surface area contributed by atoms with Crippen molar-refractivity contribution in [3.8, 4) is 17.0 Å². The van der Waals surface area contributed by atoms with Gasteiger partial charge in [0.1, 0.15) is 10.8 Å². The highest BCUT2D eigenvalue weighted by Gasteiger charge is 2.27. The minimum Gasteiger partial charge on any atom is -0.497 e. The van der Waals surface area contributed by atoms with Crippen LogP contribution in [0, 0.1) is 13.8 Å².